The second-order valence-corrected chi connectivity index (χ2v) is 5.02. The van der Waals surface area contributed by atoms with Crippen molar-refractivity contribution in [3.05, 3.63) is 35.9 Å². The Bertz CT molecular complexity index is 333. The summed E-state index contributed by atoms with van der Waals surface area (Å²) in [6.07, 6.45) is 4.33. The van der Waals surface area contributed by atoms with E-state index >= 15 is 0 Å². The fourth-order valence-electron chi connectivity index (χ4n) is 1.30. The average Bonchev–Trinajstić information content (AvgIpc) is 2.44. The van der Waals surface area contributed by atoms with Crippen LogP contribution < -0.4 is 5.73 Å². The summed E-state index contributed by atoms with van der Waals surface area (Å²) in [4.78, 5) is 10.1. The minimum Gasteiger partial charge on any atom is -0.480 e. The van der Waals surface area contributed by atoms with Gasteiger partial charge < -0.3 is 15.9 Å². The van der Waals surface area contributed by atoms with Gasteiger partial charge in [-0.2, -0.15) is 11.8 Å². The van der Waals surface area contributed by atoms with E-state index in [0.717, 1.165) is 18.6 Å². The van der Waals surface area contributed by atoms with E-state index in [1.807, 2.05) is 24.5 Å². The molecule has 0 amide bonds. The van der Waals surface area contributed by atoms with E-state index < -0.39 is 12.0 Å². The van der Waals surface area contributed by atoms with Gasteiger partial charge in [0.25, 0.3) is 0 Å². The number of hydrogen-bond donors (Lipinski definition) is 3. The molecule has 0 saturated heterocycles. The van der Waals surface area contributed by atoms with Gasteiger partial charge in [-0.1, -0.05) is 30.3 Å². The van der Waals surface area contributed by atoms with E-state index in [9.17, 15) is 4.79 Å². The zero-order valence-electron chi connectivity index (χ0n) is 11.3. The first-order valence-corrected chi connectivity index (χ1v) is 7.63. The summed E-state index contributed by atoms with van der Waals surface area (Å²) in [5, 5.41) is 16.8. The van der Waals surface area contributed by atoms with E-state index in [2.05, 4.69) is 12.1 Å². The molecule has 1 rings (SSSR count). The van der Waals surface area contributed by atoms with E-state index in [1.54, 1.807) is 11.8 Å². The molecule has 0 fully saturated rings. The highest BCUT2D eigenvalue weighted by atomic mass is 32.2. The molecule has 0 aromatic heterocycles. The third kappa shape index (κ3) is 10.6. The van der Waals surface area contributed by atoms with Crippen molar-refractivity contribution in [1.29, 1.82) is 0 Å². The minimum atomic E-state index is -0.913. The lowest BCUT2D eigenvalue weighted by Crippen LogP contribution is -2.30. The van der Waals surface area contributed by atoms with Crippen LogP contribution in [0.1, 0.15) is 18.4 Å². The third-order valence-electron chi connectivity index (χ3n) is 2.42. The number of rotatable bonds is 7. The SMILES string of the molecule is CSCCC(N)C(=O)O.OCCCc1ccccc1. The zero-order valence-corrected chi connectivity index (χ0v) is 12.1. The second kappa shape index (κ2) is 12.0. The molecule has 0 aliphatic carbocycles. The summed E-state index contributed by atoms with van der Waals surface area (Å²) in [5.41, 5.74) is 6.49. The highest BCUT2D eigenvalue weighted by Gasteiger charge is 2.08. The number of aryl methyl sites for hydroxylation is 1. The van der Waals surface area contributed by atoms with Gasteiger partial charge in [0, 0.05) is 6.61 Å². The monoisotopic (exact) mass is 285 g/mol. The summed E-state index contributed by atoms with van der Waals surface area (Å²) in [6.45, 7) is 0.287. The van der Waals surface area contributed by atoms with Crippen molar-refractivity contribution in [2.45, 2.75) is 25.3 Å². The first-order valence-electron chi connectivity index (χ1n) is 6.24. The molecule has 5 heteroatoms. The Morgan fingerprint density at radius 3 is 2.47 bits per heavy atom. The van der Waals surface area contributed by atoms with E-state index in [4.69, 9.17) is 15.9 Å². The van der Waals surface area contributed by atoms with Crippen LogP contribution in [0.4, 0.5) is 0 Å². The largest absolute Gasteiger partial charge is 0.480 e. The first kappa shape index (κ1) is 18.0. The fraction of sp³-hybridized carbons (Fsp3) is 0.500. The Labute approximate surface area is 119 Å². The maximum Gasteiger partial charge on any atom is 0.320 e. The zero-order chi connectivity index (χ0) is 14.5. The molecule has 0 spiro atoms. The second-order valence-electron chi connectivity index (χ2n) is 4.04. The molecule has 0 saturated carbocycles. The number of nitrogens with two attached hydrogens (primary N) is 1. The van der Waals surface area contributed by atoms with Crippen LogP contribution in [0.3, 0.4) is 0 Å². The lowest BCUT2D eigenvalue weighted by molar-refractivity contribution is -0.138. The molecule has 0 bridgehead atoms. The molecule has 1 atom stereocenters. The molecule has 0 heterocycles. The van der Waals surface area contributed by atoms with Gasteiger partial charge in [-0.05, 0) is 36.8 Å². The Morgan fingerprint density at radius 1 is 1.37 bits per heavy atom. The fourth-order valence-corrected chi connectivity index (χ4v) is 1.79. The molecule has 19 heavy (non-hydrogen) atoms. The predicted molar refractivity (Wildman–Crippen MR) is 80.5 cm³/mol. The number of carbonyl (C=O) groups is 1. The quantitative estimate of drug-likeness (QED) is 0.711. The molecule has 4 N–H and O–H groups in total. The van der Waals surface area contributed by atoms with Crippen LogP contribution in [0.15, 0.2) is 30.3 Å². The molecular weight excluding hydrogens is 262 g/mol. The van der Waals surface area contributed by atoms with Crippen LogP contribution in [-0.4, -0.2) is 40.8 Å². The highest BCUT2D eigenvalue weighted by molar-refractivity contribution is 7.98. The van der Waals surface area contributed by atoms with Crippen molar-refractivity contribution >= 4 is 17.7 Å². The number of thioether (sulfide) groups is 1. The van der Waals surface area contributed by atoms with Crippen molar-refractivity contribution in [2.75, 3.05) is 18.6 Å². The van der Waals surface area contributed by atoms with Gasteiger partial charge in [0.15, 0.2) is 0 Å². The van der Waals surface area contributed by atoms with Gasteiger partial charge >= 0.3 is 5.97 Å². The maximum atomic E-state index is 10.1. The number of carboxylic acids is 1. The van der Waals surface area contributed by atoms with Gasteiger partial charge in [-0.3, -0.25) is 4.79 Å². The van der Waals surface area contributed by atoms with Crippen molar-refractivity contribution in [2.24, 2.45) is 5.73 Å². The molecular formula is C14H23NO3S. The molecule has 4 nitrogen and oxygen atoms in total. The smallest absolute Gasteiger partial charge is 0.320 e. The Morgan fingerprint density at radius 2 is 2.00 bits per heavy atom. The van der Waals surface area contributed by atoms with Crippen molar-refractivity contribution in [1.82, 2.24) is 0 Å². The summed E-state index contributed by atoms with van der Waals surface area (Å²) in [7, 11) is 0. The van der Waals surface area contributed by atoms with Gasteiger partial charge in [0.05, 0.1) is 0 Å². The normalized spacial score (nSPS) is 11.3. The summed E-state index contributed by atoms with van der Waals surface area (Å²) < 4.78 is 0. The Hall–Kier alpha value is -1.04. The molecule has 0 aliphatic heterocycles. The molecule has 0 aliphatic rings. The lowest BCUT2D eigenvalue weighted by atomic mass is 10.1. The van der Waals surface area contributed by atoms with Crippen LogP contribution in [0.5, 0.6) is 0 Å². The van der Waals surface area contributed by atoms with E-state index in [0.29, 0.717) is 6.42 Å². The highest BCUT2D eigenvalue weighted by Crippen LogP contribution is 2.00. The van der Waals surface area contributed by atoms with Gasteiger partial charge in [0.1, 0.15) is 6.04 Å². The van der Waals surface area contributed by atoms with Crippen LogP contribution in [-0.2, 0) is 11.2 Å². The van der Waals surface area contributed by atoms with Gasteiger partial charge in [-0.25, -0.2) is 0 Å². The molecule has 1 aromatic rings. The number of benzene rings is 1. The minimum absolute atomic E-state index is 0.287. The maximum absolute atomic E-state index is 10.1. The Kier molecular flexibility index (Phi) is 11.4. The summed E-state index contributed by atoms with van der Waals surface area (Å²) >= 11 is 1.60. The Balaban J connectivity index is 0.000000344. The molecule has 1 unspecified atom stereocenters. The average molecular weight is 285 g/mol. The van der Waals surface area contributed by atoms with Crippen LogP contribution in [0.2, 0.25) is 0 Å². The number of carboxylic acid groups (broad SMARTS) is 1. The number of aliphatic hydroxyl groups is 1. The van der Waals surface area contributed by atoms with Crippen molar-refractivity contribution in [3.63, 3.8) is 0 Å². The van der Waals surface area contributed by atoms with E-state index in [-0.39, 0.29) is 6.61 Å². The molecule has 108 valence electrons. The van der Waals surface area contributed by atoms with E-state index in [1.165, 1.54) is 5.56 Å². The van der Waals surface area contributed by atoms with Crippen molar-refractivity contribution in [3.8, 4) is 0 Å². The molecule has 0 radical (unpaired) electrons. The summed E-state index contributed by atoms with van der Waals surface area (Å²) in [6, 6.07) is 9.52. The number of aliphatic hydroxyl groups excluding tert-OH is 1. The number of hydrogen-bond acceptors (Lipinski definition) is 4. The number of aliphatic carboxylic acids is 1. The van der Waals surface area contributed by atoms with Crippen LogP contribution in [0.25, 0.3) is 0 Å². The van der Waals surface area contributed by atoms with Crippen LogP contribution in [0, 0.1) is 0 Å². The van der Waals surface area contributed by atoms with Crippen molar-refractivity contribution < 1.29 is 15.0 Å². The van der Waals surface area contributed by atoms with Crippen LogP contribution >= 0.6 is 11.8 Å². The lowest BCUT2D eigenvalue weighted by Gasteiger charge is -2.02. The predicted octanol–water partition coefficient (Wildman–Crippen LogP) is 1.76. The first-order chi connectivity index (χ1) is 9.11. The standard InChI is InChI=1S/C9H12O.C5H11NO2S/c10-8-4-7-9-5-2-1-3-6-9;1-9-3-2-4(6)5(7)8/h1-3,5-6,10H,4,7-8H2;4H,2-3,6H2,1H3,(H,7,8). The summed E-state index contributed by atoms with van der Waals surface area (Å²) in [5.74, 6) is -0.1000. The topological polar surface area (TPSA) is 83.6 Å². The third-order valence-corrected chi connectivity index (χ3v) is 3.06. The molecule has 1 aromatic carbocycles. The van der Waals surface area contributed by atoms with Gasteiger partial charge in [-0.15, -0.1) is 0 Å². The van der Waals surface area contributed by atoms with Gasteiger partial charge in [0.2, 0.25) is 0 Å².